The minimum atomic E-state index is -0.423. The summed E-state index contributed by atoms with van der Waals surface area (Å²) in [4.78, 5) is 18.9. The summed E-state index contributed by atoms with van der Waals surface area (Å²) in [7, 11) is 0. The second kappa shape index (κ2) is 5.50. The number of H-pyrrole nitrogens is 1. The highest BCUT2D eigenvalue weighted by Crippen LogP contribution is 2.30. The van der Waals surface area contributed by atoms with Crippen molar-refractivity contribution in [3.8, 4) is 28.4 Å². The molecule has 0 bridgehead atoms. The van der Waals surface area contributed by atoms with E-state index in [4.69, 9.17) is 4.42 Å². The lowest BCUT2D eigenvalue weighted by Crippen LogP contribution is -2.12. The highest BCUT2D eigenvalue weighted by atomic mass is 79.9. The molecule has 5 nitrogen and oxygen atoms in total. The topological polar surface area (TPSA) is 79.1 Å². The van der Waals surface area contributed by atoms with Crippen LogP contribution in [0.15, 0.2) is 54.9 Å². The number of hydrogen-bond donors (Lipinski definition) is 2. The monoisotopic (exact) mass is 410 g/mol. The van der Waals surface area contributed by atoms with E-state index in [9.17, 15) is 9.90 Å². The van der Waals surface area contributed by atoms with E-state index in [1.165, 1.54) is 6.26 Å². The molecule has 106 valence electrons. The van der Waals surface area contributed by atoms with Crippen LogP contribution in [0.5, 0.6) is 5.88 Å². The van der Waals surface area contributed by atoms with Crippen molar-refractivity contribution in [2.75, 3.05) is 0 Å². The zero-order valence-electron chi connectivity index (χ0n) is 10.4. The Kier molecular flexibility index (Phi) is 3.69. The first-order valence-corrected chi connectivity index (χ1v) is 7.47. The van der Waals surface area contributed by atoms with E-state index < -0.39 is 5.56 Å². The van der Waals surface area contributed by atoms with Crippen molar-refractivity contribution in [3.63, 3.8) is 0 Å². The molecular weight excluding hydrogens is 404 g/mol. The summed E-state index contributed by atoms with van der Waals surface area (Å²) in [6.45, 7) is 0. The Morgan fingerprint density at radius 3 is 2.43 bits per heavy atom. The average molecular weight is 412 g/mol. The molecule has 0 spiro atoms. The van der Waals surface area contributed by atoms with Crippen LogP contribution in [0.2, 0.25) is 0 Å². The molecule has 0 radical (unpaired) electrons. The summed E-state index contributed by atoms with van der Waals surface area (Å²) in [6, 6.07) is 8.66. The van der Waals surface area contributed by atoms with E-state index in [0.29, 0.717) is 15.8 Å². The normalized spacial score (nSPS) is 10.8. The smallest absolute Gasteiger partial charge is 0.262 e. The zero-order valence-corrected chi connectivity index (χ0v) is 13.6. The first-order valence-electron chi connectivity index (χ1n) is 5.89. The van der Waals surface area contributed by atoms with Gasteiger partial charge in [-0.3, -0.25) is 4.79 Å². The molecule has 0 atom stereocenters. The van der Waals surface area contributed by atoms with E-state index in [-0.39, 0.29) is 17.3 Å². The number of halogens is 2. The van der Waals surface area contributed by atoms with Crippen molar-refractivity contribution in [3.05, 3.63) is 56.1 Å². The van der Waals surface area contributed by atoms with E-state index >= 15 is 0 Å². The van der Waals surface area contributed by atoms with E-state index in [1.807, 2.05) is 0 Å². The summed E-state index contributed by atoms with van der Waals surface area (Å²) in [5.41, 5.74) is 0.853. The molecule has 0 aliphatic heterocycles. The number of benzene rings is 1. The van der Waals surface area contributed by atoms with Crippen LogP contribution in [-0.4, -0.2) is 15.1 Å². The minimum absolute atomic E-state index is 0.130. The summed E-state index contributed by atoms with van der Waals surface area (Å²) < 4.78 is 6.41. The molecule has 7 heteroatoms. The van der Waals surface area contributed by atoms with Gasteiger partial charge in [-0.1, -0.05) is 28.1 Å². The molecule has 2 N–H and O–H groups in total. The quantitative estimate of drug-likeness (QED) is 0.669. The first kappa shape index (κ1) is 14.1. The van der Waals surface area contributed by atoms with Crippen molar-refractivity contribution >= 4 is 31.9 Å². The van der Waals surface area contributed by atoms with Gasteiger partial charge in [-0.05, 0) is 39.7 Å². The fourth-order valence-corrected chi connectivity index (χ4v) is 2.62. The lowest BCUT2D eigenvalue weighted by atomic mass is 10.1. The van der Waals surface area contributed by atoms with Gasteiger partial charge >= 0.3 is 0 Å². The molecule has 0 fully saturated rings. The lowest BCUT2D eigenvalue weighted by Gasteiger charge is -2.05. The second-order valence-electron chi connectivity index (χ2n) is 4.23. The number of nitrogens with one attached hydrogen (secondary N) is 1. The van der Waals surface area contributed by atoms with Crippen molar-refractivity contribution < 1.29 is 9.52 Å². The molecule has 0 saturated carbocycles. The number of rotatable bonds is 2. The Hall–Kier alpha value is -1.86. The fourth-order valence-electron chi connectivity index (χ4n) is 1.93. The molecule has 0 saturated heterocycles. The van der Waals surface area contributed by atoms with Gasteiger partial charge in [0, 0.05) is 4.47 Å². The van der Waals surface area contributed by atoms with Crippen LogP contribution in [-0.2, 0) is 0 Å². The van der Waals surface area contributed by atoms with E-state index in [0.717, 1.165) is 4.47 Å². The van der Waals surface area contributed by atoms with Gasteiger partial charge in [0.25, 0.3) is 5.56 Å². The molecule has 21 heavy (non-hydrogen) atoms. The molecular formula is C14H8Br2N2O3. The first-order chi connectivity index (χ1) is 10.1. The Bertz CT molecular complexity index is 853. The molecule has 2 aromatic heterocycles. The van der Waals surface area contributed by atoms with Crippen LogP contribution in [0.3, 0.4) is 0 Å². The average Bonchev–Trinajstić information content (AvgIpc) is 2.86. The summed E-state index contributed by atoms with van der Waals surface area (Å²) in [5, 5.41) is 10.1. The number of hydrogen-bond acceptors (Lipinski definition) is 4. The number of furan rings is 1. The van der Waals surface area contributed by atoms with Crippen molar-refractivity contribution in [2.45, 2.75) is 0 Å². The largest absolute Gasteiger partial charge is 0.493 e. The lowest BCUT2D eigenvalue weighted by molar-refractivity contribution is 0.454. The van der Waals surface area contributed by atoms with Crippen LogP contribution in [0.4, 0.5) is 0 Å². The summed E-state index contributed by atoms with van der Waals surface area (Å²) in [6.07, 6.45) is 1.46. The van der Waals surface area contributed by atoms with Crippen molar-refractivity contribution in [1.82, 2.24) is 9.97 Å². The van der Waals surface area contributed by atoms with Crippen LogP contribution in [0.1, 0.15) is 0 Å². The molecule has 2 heterocycles. The third kappa shape index (κ3) is 2.66. The number of aromatic amines is 1. The maximum absolute atomic E-state index is 12.2. The van der Waals surface area contributed by atoms with Crippen LogP contribution in [0.25, 0.3) is 22.5 Å². The predicted molar refractivity (Wildman–Crippen MR) is 85.1 cm³/mol. The molecule has 1 aromatic carbocycles. The molecule has 0 aliphatic rings. The van der Waals surface area contributed by atoms with Crippen LogP contribution >= 0.6 is 31.9 Å². The maximum atomic E-state index is 12.2. The summed E-state index contributed by atoms with van der Waals surface area (Å²) in [5.74, 6) is -0.0943. The maximum Gasteiger partial charge on any atom is 0.262 e. The minimum Gasteiger partial charge on any atom is -0.493 e. The van der Waals surface area contributed by atoms with Crippen molar-refractivity contribution in [1.29, 1.82) is 0 Å². The fraction of sp³-hybridized carbons (Fsp3) is 0. The number of aromatic nitrogens is 2. The van der Waals surface area contributed by atoms with Gasteiger partial charge in [0.2, 0.25) is 5.88 Å². The Morgan fingerprint density at radius 2 is 1.86 bits per heavy atom. The Morgan fingerprint density at radius 1 is 1.14 bits per heavy atom. The third-order valence-corrected chi connectivity index (χ3v) is 4.05. The Labute approximate surface area is 135 Å². The predicted octanol–water partition coefficient (Wildman–Crippen LogP) is 3.93. The van der Waals surface area contributed by atoms with E-state index in [1.54, 1.807) is 30.3 Å². The highest BCUT2D eigenvalue weighted by Gasteiger charge is 2.16. The molecule has 0 unspecified atom stereocenters. The second-order valence-corrected chi connectivity index (χ2v) is 5.86. The van der Waals surface area contributed by atoms with Gasteiger partial charge in [0.05, 0.1) is 11.8 Å². The Balaban J connectivity index is 2.15. The molecule has 0 amide bonds. The van der Waals surface area contributed by atoms with Crippen molar-refractivity contribution in [2.24, 2.45) is 0 Å². The number of nitrogens with zero attached hydrogens (tertiary/aromatic N) is 1. The summed E-state index contributed by atoms with van der Waals surface area (Å²) >= 11 is 6.53. The molecule has 3 aromatic rings. The third-order valence-electron chi connectivity index (χ3n) is 2.91. The van der Waals surface area contributed by atoms with Gasteiger partial charge in [-0.2, -0.15) is 4.98 Å². The van der Waals surface area contributed by atoms with Gasteiger partial charge in [-0.15, -0.1) is 0 Å². The van der Waals surface area contributed by atoms with Gasteiger partial charge in [0.15, 0.2) is 4.67 Å². The van der Waals surface area contributed by atoms with Gasteiger partial charge in [0.1, 0.15) is 11.4 Å². The number of aromatic hydroxyl groups is 1. The molecule has 3 rings (SSSR count). The SMILES string of the molecule is O=c1[nH]c(-c2ccoc2Br)nc(O)c1-c1ccc(Br)cc1. The van der Waals surface area contributed by atoms with Gasteiger partial charge < -0.3 is 14.5 Å². The molecule has 0 aliphatic carbocycles. The zero-order chi connectivity index (χ0) is 15.0. The van der Waals surface area contributed by atoms with Crippen LogP contribution in [0, 0.1) is 0 Å². The van der Waals surface area contributed by atoms with Gasteiger partial charge in [-0.25, -0.2) is 0 Å². The van der Waals surface area contributed by atoms with Crippen LogP contribution < -0.4 is 5.56 Å². The highest BCUT2D eigenvalue weighted by molar-refractivity contribution is 9.10. The standard InChI is InChI=1S/C14H8Br2N2O3/c15-8-3-1-7(2-4-8)10-13(19)17-12(18-14(10)20)9-5-6-21-11(9)16/h1-6H,(H2,17,18,19,20). The van der Waals surface area contributed by atoms with E-state index in [2.05, 4.69) is 41.8 Å².